The van der Waals surface area contributed by atoms with E-state index < -0.39 is 28.5 Å². The number of rotatable bonds is 1. The fraction of sp³-hybridized carbons (Fsp3) is 0.231. The molecule has 2 atom stereocenters. The van der Waals surface area contributed by atoms with Crippen molar-refractivity contribution in [2.24, 2.45) is 0 Å². The summed E-state index contributed by atoms with van der Waals surface area (Å²) in [6, 6.07) is 7.44. The highest BCUT2D eigenvalue weighted by atomic mass is 35.5. The lowest BCUT2D eigenvalue weighted by atomic mass is 9.77. The predicted octanol–water partition coefficient (Wildman–Crippen LogP) is 3.64. The molecule has 6 heteroatoms. The molecule has 0 heterocycles. The standard InChI is InChI=1S/C13H10ClF3O2/c14-10-7-6-9(18)11(8-4-2-1-3-5-8)12(10,19)13(15,16)17/h1-7,11,18-19H. The summed E-state index contributed by atoms with van der Waals surface area (Å²) >= 11 is 5.55. The number of aliphatic hydroxyl groups excluding tert-OH is 1. The van der Waals surface area contributed by atoms with E-state index in [1.165, 1.54) is 24.3 Å². The average Bonchev–Trinajstić information content (AvgIpc) is 2.34. The van der Waals surface area contributed by atoms with Crippen molar-refractivity contribution in [1.82, 2.24) is 0 Å². The van der Waals surface area contributed by atoms with Gasteiger partial charge in [0, 0.05) is 0 Å². The molecule has 0 spiro atoms. The van der Waals surface area contributed by atoms with Crippen molar-refractivity contribution < 1.29 is 23.4 Å². The van der Waals surface area contributed by atoms with Gasteiger partial charge in [0.2, 0.25) is 5.60 Å². The number of hydrogen-bond donors (Lipinski definition) is 2. The van der Waals surface area contributed by atoms with Crippen LogP contribution in [0.5, 0.6) is 0 Å². The highest BCUT2D eigenvalue weighted by Crippen LogP contribution is 2.51. The first kappa shape index (κ1) is 14.0. The van der Waals surface area contributed by atoms with Crippen LogP contribution in [0.25, 0.3) is 0 Å². The summed E-state index contributed by atoms with van der Waals surface area (Å²) in [7, 11) is 0. The van der Waals surface area contributed by atoms with E-state index in [4.69, 9.17) is 11.6 Å². The Balaban J connectivity index is 2.62. The molecule has 0 saturated heterocycles. The summed E-state index contributed by atoms with van der Waals surface area (Å²) in [6.07, 6.45) is -3.10. The first-order valence-corrected chi connectivity index (χ1v) is 5.77. The Labute approximate surface area is 112 Å². The fourth-order valence-electron chi connectivity index (χ4n) is 2.09. The van der Waals surface area contributed by atoms with E-state index in [2.05, 4.69) is 0 Å². The van der Waals surface area contributed by atoms with Crippen molar-refractivity contribution in [3.8, 4) is 0 Å². The van der Waals surface area contributed by atoms with Crippen LogP contribution in [-0.4, -0.2) is 22.0 Å². The molecular formula is C13H10ClF3O2. The summed E-state index contributed by atoms with van der Waals surface area (Å²) in [4.78, 5) is 0. The Kier molecular flexibility index (Phi) is 3.36. The molecule has 2 rings (SSSR count). The Morgan fingerprint density at radius 2 is 1.68 bits per heavy atom. The minimum Gasteiger partial charge on any atom is -0.512 e. The van der Waals surface area contributed by atoms with Crippen molar-refractivity contribution in [1.29, 1.82) is 0 Å². The van der Waals surface area contributed by atoms with Crippen LogP contribution in [0.2, 0.25) is 0 Å². The number of aliphatic hydroxyl groups is 2. The topological polar surface area (TPSA) is 40.5 Å². The molecule has 0 aromatic heterocycles. The van der Waals surface area contributed by atoms with Gasteiger partial charge in [-0.2, -0.15) is 13.2 Å². The Bertz CT molecular complexity index is 537. The quantitative estimate of drug-likeness (QED) is 0.829. The van der Waals surface area contributed by atoms with Crippen LogP contribution < -0.4 is 0 Å². The maximum absolute atomic E-state index is 13.2. The van der Waals surface area contributed by atoms with Gasteiger partial charge in [-0.3, -0.25) is 0 Å². The molecule has 0 aliphatic heterocycles. The van der Waals surface area contributed by atoms with E-state index in [0.717, 1.165) is 12.2 Å². The summed E-state index contributed by atoms with van der Waals surface area (Å²) < 4.78 is 39.5. The third-order valence-corrected chi connectivity index (χ3v) is 3.46. The maximum Gasteiger partial charge on any atom is 0.423 e. The minimum atomic E-state index is -5.01. The third kappa shape index (κ3) is 2.13. The summed E-state index contributed by atoms with van der Waals surface area (Å²) in [5, 5.41) is 19.0. The third-order valence-electron chi connectivity index (χ3n) is 3.04. The Morgan fingerprint density at radius 1 is 1.11 bits per heavy atom. The maximum atomic E-state index is 13.2. The number of benzene rings is 1. The first-order valence-electron chi connectivity index (χ1n) is 5.39. The summed E-state index contributed by atoms with van der Waals surface area (Å²) in [6.45, 7) is 0. The molecule has 0 fully saturated rings. The lowest BCUT2D eigenvalue weighted by molar-refractivity contribution is -0.249. The molecule has 2 unspecified atom stereocenters. The van der Waals surface area contributed by atoms with Crippen LogP contribution in [0.4, 0.5) is 13.2 Å². The SMILES string of the molecule is OC1=CC=C(Cl)C(O)(C(F)(F)F)C1c1ccccc1. The molecule has 0 saturated carbocycles. The molecule has 2 nitrogen and oxygen atoms in total. The van der Waals surface area contributed by atoms with Gasteiger partial charge in [0.05, 0.1) is 11.0 Å². The number of hydrogen-bond acceptors (Lipinski definition) is 2. The van der Waals surface area contributed by atoms with Crippen LogP contribution in [0.1, 0.15) is 11.5 Å². The number of halogens is 4. The lowest BCUT2D eigenvalue weighted by Crippen LogP contribution is -2.52. The molecule has 1 aromatic carbocycles. The molecule has 1 aliphatic rings. The van der Waals surface area contributed by atoms with Crippen molar-refractivity contribution >= 4 is 11.6 Å². The zero-order valence-electron chi connectivity index (χ0n) is 9.53. The second-order valence-corrected chi connectivity index (χ2v) is 4.62. The van der Waals surface area contributed by atoms with Gasteiger partial charge >= 0.3 is 6.18 Å². The van der Waals surface area contributed by atoms with Crippen LogP contribution in [0.15, 0.2) is 53.3 Å². The zero-order chi connectivity index (χ0) is 14.3. The van der Waals surface area contributed by atoms with Crippen molar-refractivity contribution in [2.75, 3.05) is 0 Å². The molecule has 0 radical (unpaired) electrons. The largest absolute Gasteiger partial charge is 0.512 e. The van der Waals surface area contributed by atoms with Crippen molar-refractivity contribution in [3.63, 3.8) is 0 Å². The van der Waals surface area contributed by atoms with Crippen LogP contribution >= 0.6 is 11.6 Å². The molecule has 1 aliphatic carbocycles. The highest BCUT2D eigenvalue weighted by molar-refractivity contribution is 6.31. The van der Waals surface area contributed by atoms with Crippen LogP contribution in [-0.2, 0) is 0 Å². The predicted molar refractivity (Wildman–Crippen MR) is 64.8 cm³/mol. The fourth-order valence-corrected chi connectivity index (χ4v) is 2.37. The van der Waals surface area contributed by atoms with Gasteiger partial charge in [-0.25, -0.2) is 0 Å². The molecule has 102 valence electrons. The smallest absolute Gasteiger partial charge is 0.423 e. The van der Waals surface area contributed by atoms with E-state index >= 15 is 0 Å². The van der Waals surface area contributed by atoms with Gasteiger partial charge < -0.3 is 10.2 Å². The summed E-state index contributed by atoms with van der Waals surface area (Å²) in [5.41, 5.74) is -3.20. The van der Waals surface area contributed by atoms with Gasteiger partial charge in [0.25, 0.3) is 0 Å². The van der Waals surface area contributed by atoms with Gasteiger partial charge in [-0.1, -0.05) is 41.9 Å². The monoisotopic (exact) mass is 290 g/mol. The second-order valence-electron chi connectivity index (χ2n) is 4.21. The Morgan fingerprint density at radius 3 is 2.21 bits per heavy atom. The number of alkyl halides is 3. The first-order chi connectivity index (χ1) is 8.78. The normalized spacial score (nSPS) is 27.7. The molecule has 2 N–H and O–H groups in total. The molecule has 0 bridgehead atoms. The van der Waals surface area contributed by atoms with E-state index in [-0.39, 0.29) is 5.56 Å². The average molecular weight is 291 g/mol. The van der Waals surface area contributed by atoms with E-state index in [1.54, 1.807) is 6.07 Å². The lowest BCUT2D eigenvalue weighted by Gasteiger charge is -2.39. The van der Waals surface area contributed by atoms with Crippen molar-refractivity contribution in [2.45, 2.75) is 17.7 Å². The van der Waals surface area contributed by atoms with Crippen LogP contribution in [0.3, 0.4) is 0 Å². The van der Waals surface area contributed by atoms with Crippen molar-refractivity contribution in [3.05, 3.63) is 58.8 Å². The minimum absolute atomic E-state index is 0.127. The summed E-state index contributed by atoms with van der Waals surface area (Å²) in [5.74, 6) is -2.26. The van der Waals surface area contributed by atoms with Gasteiger partial charge in [-0.05, 0) is 17.7 Å². The van der Waals surface area contributed by atoms with Gasteiger partial charge in [-0.15, -0.1) is 0 Å². The molecule has 0 amide bonds. The molecule has 19 heavy (non-hydrogen) atoms. The van der Waals surface area contributed by atoms with E-state index in [0.29, 0.717) is 0 Å². The Hall–Kier alpha value is -1.46. The van der Waals surface area contributed by atoms with E-state index in [9.17, 15) is 23.4 Å². The number of allylic oxidation sites excluding steroid dienone is 2. The second kappa shape index (κ2) is 4.58. The van der Waals surface area contributed by atoms with Crippen LogP contribution in [0, 0.1) is 0 Å². The highest BCUT2D eigenvalue weighted by Gasteiger charge is 2.63. The van der Waals surface area contributed by atoms with E-state index in [1.807, 2.05) is 0 Å². The zero-order valence-corrected chi connectivity index (χ0v) is 10.3. The molecule has 1 aromatic rings. The molecular weight excluding hydrogens is 281 g/mol. The van der Waals surface area contributed by atoms with Gasteiger partial charge in [0.1, 0.15) is 5.76 Å². The van der Waals surface area contributed by atoms with Gasteiger partial charge in [0.15, 0.2) is 0 Å².